The monoisotopic (exact) mass is 592 g/mol. The lowest BCUT2D eigenvalue weighted by molar-refractivity contribution is 0.0458. The number of aliphatic hydroxyl groups is 1. The maximum Gasteiger partial charge on any atom is 0.273 e. The van der Waals surface area contributed by atoms with E-state index in [1.54, 1.807) is 0 Å². The van der Waals surface area contributed by atoms with E-state index in [2.05, 4.69) is 49.0 Å². The van der Waals surface area contributed by atoms with Gasteiger partial charge in [0.2, 0.25) is 0 Å². The molecule has 2 aliphatic rings. The number of amides is 1. The van der Waals surface area contributed by atoms with E-state index < -0.39 is 5.91 Å². The molecule has 2 atom stereocenters. The van der Waals surface area contributed by atoms with Crippen LogP contribution in [0, 0.1) is 0 Å². The second-order valence-electron chi connectivity index (χ2n) is 10.6. The molecule has 3 heterocycles. The molecule has 1 aromatic carbocycles. The normalized spacial score (nSPS) is 20.0. The summed E-state index contributed by atoms with van der Waals surface area (Å²) >= 11 is 12.7. The molecule has 0 spiro atoms. The topological polar surface area (TPSA) is 137 Å². The van der Waals surface area contributed by atoms with E-state index in [1.807, 2.05) is 12.1 Å². The van der Waals surface area contributed by atoms with Crippen molar-refractivity contribution in [2.75, 3.05) is 63.1 Å². The highest BCUT2D eigenvalue weighted by molar-refractivity contribution is 6.32. The Balaban J connectivity index is 1.41. The Kier molecular flexibility index (Phi) is 11.2. The van der Waals surface area contributed by atoms with E-state index in [4.69, 9.17) is 39.8 Å². The second-order valence-corrected chi connectivity index (χ2v) is 11.4. The molecule has 220 valence electrons. The second kappa shape index (κ2) is 14.6. The fourth-order valence-corrected chi connectivity index (χ4v) is 6.48. The minimum atomic E-state index is -0.503. The van der Waals surface area contributed by atoms with Crippen LogP contribution < -0.4 is 21.7 Å². The van der Waals surface area contributed by atoms with Gasteiger partial charge >= 0.3 is 0 Å². The van der Waals surface area contributed by atoms with Crippen LogP contribution in [-0.2, 0) is 0 Å². The zero-order chi connectivity index (χ0) is 28.6. The minimum Gasteiger partial charge on any atom is -0.395 e. The number of anilines is 2. The standard InChI is InChI=1S/C28H42Cl2N8O2/c1-2-3-22-18-37(27-25(30)34-24(26(32)35-27)28(40)33-12-17-39)15-16-38(22)21-9-13-36(14-10-21)23(8-11-31)19-4-6-20(29)7-5-19/h4-7,21-23,39H,2-3,8-18,31H2,1H3,(H2,32,35)(H,33,40)/t22-,23?/m0/s1. The highest BCUT2D eigenvalue weighted by Gasteiger charge is 2.36. The number of carbonyl (C=O) groups excluding carboxylic acids is 1. The number of hydrogen-bond donors (Lipinski definition) is 4. The number of hydrogen-bond acceptors (Lipinski definition) is 9. The third-order valence-electron chi connectivity index (χ3n) is 8.03. The van der Waals surface area contributed by atoms with Gasteiger partial charge in [0.05, 0.1) is 6.61 Å². The van der Waals surface area contributed by atoms with Crippen molar-refractivity contribution in [3.63, 3.8) is 0 Å². The van der Waals surface area contributed by atoms with Crippen molar-refractivity contribution in [1.82, 2.24) is 25.1 Å². The SMILES string of the molecule is CCC[C@H]1CN(c2nc(N)c(C(=O)NCCO)nc2Cl)CCN1C1CCN(C(CCN)c2ccc(Cl)cc2)CC1. The predicted octanol–water partition coefficient (Wildman–Crippen LogP) is 2.93. The molecule has 0 bridgehead atoms. The first-order valence-corrected chi connectivity index (χ1v) is 15.0. The van der Waals surface area contributed by atoms with Crippen LogP contribution in [0.25, 0.3) is 0 Å². The summed E-state index contributed by atoms with van der Waals surface area (Å²) in [5.74, 6) is 0.0442. The fourth-order valence-electron chi connectivity index (χ4n) is 6.10. The Bertz CT molecular complexity index is 1110. The van der Waals surface area contributed by atoms with Gasteiger partial charge in [0.25, 0.3) is 5.91 Å². The Morgan fingerprint density at radius 2 is 1.88 bits per heavy atom. The third-order valence-corrected chi connectivity index (χ3v) is 8.53. The quantitative estimate of drug-likeness (QED) is 0.310. The highest BCUT2D eigenvalue weighted by atomic mass is 35.5. The highest BCUT2D eigenvalue weighted by Crippen LogP contribution is 2.33. The van der Waals surface area contributed by atoms with E-state index in [0.717, 1.165) is 69.9 Å². The summed E-state index contributed by atoms with van der Waals surface area (Å²) < 4.78 is 0. The van der Waals surface area contributed by atoms with Gasteiger partial charge in [0.15, 0.2) is 22.5 Å². The molecule has 2 fully saturated rings. The van der Waals surface area contributed by atoms with Crippen molar-refractivity contribution in [3.05, 3.63) is 45.7 Å². The number of nitrogens with one attached hydrogen (secondary N) is 1. The zero-order valence-corrected chi connectivity index (χ0v) is 24.7. The van der Waals surface area contributed by atoms with E-state index in [0.29, 0.717) is 30.5 Å². The third kappa shape index (κ3) is 7.35. The first kappa shape index (κ1) is 30.7. The molecule has 6 N–H and O–H groups in total. The lowest BCUT2D eigenvalue weighted by Crippen LogP contribution is -2.59. The lowest BCUT2D eigenvalue weighted by Gasteiger charge is -2.48. The summed E-state index contributed by atoms with van der Waals surface area (Å²) in [7, 11) is 0. The van der Waals surface area contributed by atoms with Crippen LogP contribution in [0.15, 0.2) is 24.3 Å². The number of piperidine rings is 1. The number of aliphatic hydroxyl groups excluding tert-OH is 1. The summed E-state index contributed by atoms with van der Waals surface area (Å²) in [4.78, 5) is 28.5. The van der Waals surface area contributed by atoms with Crippen LogP contribution in [0.3, 0.4) is 0 Å². The van der Waals surface area contributed by atoms with Crippen LogP contribution in [0.4, 0.5) is 11.6 Å². The van der Waals surface area contributed by atoms with Gasteiger partial charge in [-0.05, 0) is 49.9 Å². The predicted molar refractivity (Wildman–Crippen MR) is 161 cm³/mol. The van der Waals surface area contributed by atoms with E-state index in [1.165, 1.54) is 5.56 Å². The van der Waals surface area contributed by atoms with Gasteiger partial charge in [-0.25, -0.2) is 9.97 Å². The Hall–Kier alpha value is -2.21. The number of piperazine rings is 1. The van der Waals surface area contributed by atoms with Crippen LogP contribution in [-0.4, -0.2) is 95.3 Å². The number of carbonyl (C=O) groups is 1. The van der Waals surface area contributed by atoms with Gasteiger partial charge < -0.3 is 26.8 Å². The molecule has 0 saturated carbocycles. The molecular weight excluding hydrogens is 551 g/mol. The van der Waals surface area contributed by atoms with Crippen LogP contribution in [0.5, 0.6) is 0 Å². The summed E-state index contributed by atoms with van der Waals surface area (Å²) in [5, 5.41) is 12.4. The van der Waals surface area contributed by atoms with Gasteiger partial charge in [0.1, 0.15) is 0 Å². The largest absolute Gasteiger partial charge is 0.395 e. The molecule has 1 amide bonds. The summed E-state index contributed by atoms with van der Waals surface area (Å²) in [6, 6.07) is 9.37. The Morgan fingerprint density at radius 1 is 1.15 bits per heavy atom. The smallest absolute Gasteiger partial charge is 0.273 e. The molecule has 12 heteroatoms. The number of rotatable bonds is 11. The molecule has 40 heavy (non-hydrogen) atoms. The van der Waals surface area contributed by atoms with Crippen molar-refractivity contribution in [2.45, 2.75) is 57.2 Å². The van der Waals surface area contributed by atoms with Gasteiger partial charge in [-0.2, -0.15) is 0 Å². The molecule has 1 aromatic heterocycles. The molecular formula is C28H42Cl2N8O2. The molecule has 2 aliphatic heterocycles. The van der Waals surface area contributed by atoms with E-state index in [-0.39, 0.29) is 29.8 Å². The van der Waals surface area contributed by atoms with Crippen molar-refractivity contribution in [3.8, 4) is 0 Å². The lowest BCUT2D eigenvalue weighted by atomic mass is 9.94. The number of benzene rings is 1. The Labute approximate surface area is 247 Å². The fraction of sp³-hybridized carbons (Fsp3) is 0.607. The number of nitrogens with zero attached hydrogens (tertiary/aromatic N) is 5. The van der Waals surface area contributed by atoms with Crippen molar-refractivity contribution in [2.24, 2.45) is 5.73 Å². The van der Waals surface area contributed by atoms with E-state index >= 15 is 0 Å². The van der Waals surface area contributed by atoms with E-state index in [9.17, 15) is 4.79 Å². The maximum atomic E-state index is 12.3. The number of nitrogens with two attached hydrogens (primary N) is 2. The first-order valence-electron chi connectivity index (χ1n) is 14.3. The number of nitrogen functional groups attached to an aromatic ring is 1. The van der Waals surface area contributed by atoms with Crippen molar-refractivity contribution < 1.29 is 9.90 Å². The van der Waals surface area contributed by atoms with Gasteiger partial charge in [0, 0.05) is 62.4 Å². The number of aromatic nitrogens is 2. The molecule has 4 rings (SSSR count). The number of likely N-dealkylation sites (tertiary alicyclic amines) is 1. The van der Waals surface area contributed by atoms with Gasteiger partial charge in [-0.3, -0.25) is 14.6 Å². The summed E-state index contributed by atoms with van der Waals surface area (Å²) in [6.07, 6.45) is 5.30. The van der Waals surface area contributed by atoms with Gasteiger partial charge in [-0.15, -0.1) is 0 Å². The molecule has 2 saturated heterocycles. The van der Waals surface area contributed by atoms with Crippen LogP contribution in [0.1, 0.15) is 61.1 Å². The van der Waals surface area contributed by atoms with Crippen LogP contribution in [0.2, 0.25) is 10.2 Å². The minimum absolute atomic E-state index is 0.0238. The average Bonchev–Trinajstić information content (AvgIpc) is 2.96. The number of halogens is 2. The molecule has 1 unspecified atom stereocenters. The zero-order valence-electron chi connectivity index (χ0n) is 23.2. The Morgan fingerprint density at radius 3 is 2.52 bits per heavy atom. The average molecular weight is 594 g/mol. The first-order chi connectivity index (χ1) is 19.4. The van der Waals surface area contributed by atoms with Crippen molar-refractivity contribution in [1.29, 1.82) is 0 Å². The maximum absolute atomic E-state index is 12.3. The molecule has 0 aliphatic carbocycles. The van der Waals surface area contributed by atoms with Crippen molar-refractivity contribution >= 4 is 40.7 Å². The summed E-state index contributed by atoms with van der Waals surface area (Å²) in [6.45, 7) is 7.29. The molecule has 10 nitrogen and oxygen atoms in total. The molecule has 0 radical (unpaired) electrons. The van der Waals surface area contributed by atoms with Gasteiger partial charge in [-0.1, -0.05) is 48.7 Å². The molecule has 2 aromatic rings. The summed E-state index contributed by atoms with van der Waals surface area (Å²) in [5.41, 5.74) is 13.4. The van der Waals surface area contributed by atoms with Crippen LogP contribution >= 0.6 is 23.2 Å².